The van der Waals surface area contributed by atoms with Crippen LogP contribution in [0.1, 0.15) is 44.2 Å². The Morgan fingerprint density at radius 2 is 2.08 bits per heavy atom. The largest absolute Gasteiger partial charge is 0.356 e. The Balaban J connectivity index is 1.83. The molecule has 1 aliphatic rings. The fraction of sp³-hybridized carbons (Fsp3) is 0.579. The Morgan fingerprint density at radius 1 is 1.29 bits per heavy atom. The summed E-state index contributed by atoms with van der Waals surface area (Å²) in [5.41, 5.74) is 2.39. The molecule has 1 aromatic rings. The number of carbonyl (C=O) groups is 1. The monoisotopic (exact) mass is 330 g/mol. The minimum absolute atomic E-state index is 0.272. The number of benzene rings is 1. The average molecular weight is 330 g/mol. The molecule has 0 aliphatic carbocycles. The van der Waals surface area contributed by atoms with E-state index in [4.69, 9.17) is 0 Å². The van der Waals surface area contributed by atoms with Crippen molar-refractivity contribution in [3.63, 3.8) is 0 Å². The van der Waals surface area contributed by atoms with Gasteiger partial charge in [0.2, 0.25) is 5.91 Å². The van der Waals surface area contributed by atoms with Crippen molar-refractivity contribution in [1.82, 2.24) is 15.5 Å². The van der Waals surface area contributed by atoms with Gasteiger partial charge in [-0.25, -0.2) is 0 Å². The first-order valence-electron chi connectivity index (χ1n) is 8.88. The molecule has 0 atom stereocenters. The highest BCUT2D eigenvalue weighted by atomic mass is 16.2. The number of guanidine groups is 1. The standard InChI is InChI=1S/C19H30N4O/c1-15(2)9-10-21-19(20-3)22-13-16-6-4-7-17(12-16)14-23-11-5-8-18(23)24/h4,6-7,12,15H,5,8-11,13-14H2,1-3H3,(H2,20,21,22). The highest BCUT2D eigenvalue weighted by Crippen LogP contribution is 2.15. The van der Waals surface area contributed by atoms with Gasteiger partial charge in [0.15, 0.2) is 5.96 Å². The van der Waals surface area contributed by atoms with Crippen LogP contribution in [0.5, 0.6) is 0 Å². The van der Waals surface area contributed by atoms with Crippen LogP contribution in [0.25, 0.3) is 0 Å². The maximum absolute atomic E-state index is 11.8. The Labute approximate surface area is 145 Å². The molecule has 1 aliphatic heterocycles. The first-order chi connectivity index (χ1) is 11.6. The van der Waals surface area contributed by atoms with Gasteiger partial charge in [0.1, 0.15) is 0 Å². The second-order valence-electron chi connectivity index (χ2n) is 6.77. The van der Waals surface area contributed by atoms with Crippen molar-refractivity contribution in [2.45, 2.75) is 46.2 Å². The van der Waals surface area contributed by atoms with E-state index in [-0.39, 0.29) is 5.91 Å². The van der Waals surface area contributed by atoms with E-state index in [2.05, 4.69) is 53.7 Å². The number of likely N-dealkylation sites (tertiary alicyclic amines) is 1. The topological polar surface area (TPSA) is 56.7 Å². The van der Waals surface area contributed by atoms with Gasteiger partial charge in [0, 0.05) is 39.6 Å². The lowest BCUT2D eigenvalue weighted by Crippen LogP contribution is -2.37. The molecule has 5 heteroatoms. The summed E-state index contributed by atoms with van der Waals surface area (Å²) in [5.74, 6) is 1.78. The molecule has 2 rings (SSSR count). The van der Waals surface area contributed by atoms with E-state index in [0.29, 0.717) is 18.9 Å². The molecular formula is C19H30N4O. The van der Waals surface area contributed by atoms with Crippen LogP contribution in [0.2, 0.25) is 0 Å². The average Bonchev–Trinajstić information content (AvgIpc) is 2.96. The van der Waals surface area contributed by atoms with Crippen molar-refractivity contribution in [2.24, 2.45) is 10.9 Å². The van der Waals surface area contributed by atoms with E-state index < -0.39 is 0 Å². The molecule has 0 unspecified atom stereocenters. The van der Waals surface area contributed by atoms with Crippen molar-refractivity contribution in [1.29, 1.82) is 0 Å². The Morgan fingerprint density at radius 3 is 2.75 bits per heavy atom. The Hall–Kier alpha value is -2.04. The van der Waals surface area contributed by atoms with Crippen molar-refractivity contribution in [3.8, 4) is 0 Å². The molecule has 5 nitrogen and oxygen atoms in total. The third-order valence-corrected chi connectivity index (χ3v) is 4.23. The molecule has 2 N–H and O–H groups in total. The molecule has 1 amide bonds. The summed E-state index contributed by atoms with van der Waals surface area (Å²) >= 11 is 0. The minimum atomic E-state index is 0.272. The second-order valence-corrected chi connectivity index (χ2v) is 6.77. The third-order valence-electron chi connectivity index (χ3n) is 4.23. The molecule has 1 saturated heterocycles. The summed E-state index contributed by atoms with van der Waals surface area (Å²) in [6.45, 7) is 7.68. The summed E-state index contributed by atoms with van der Waals surface area (Å²) in [5, 5.41) is 6.68. The van der Waals surface area contributed by atoms with Crippen molar-refractivity contribution < 1.29 is 4.79 Å². The fourth-order valence-electron chi connectivity index (χ4n) is 2.82. The molecule has 0 spiro atoms. The second kappa shape index (κ2) is 9.30. The Kier molecular flexibility index (Phi) is 7.09. The normalized spacial score (nSPS) is 15.2. The maximum Gasteiger partial charge on any atom is 0.222 e. The lowest BCUT2D eigenvalue weighted by Gasteiger charge is -2.16. The smallest absolute Gasteiger partial charge is 0.222 e. The molecule has 0 bridgehead atoms. The van der Waals surface area contributed by atoms with Crippen LogP contribution in [0.3, 0.4) is 0 Å². The van der Waals surface area contributed by atoms with Crippen LogP contribution >= 0.6 is 0 Å². The van der Waals surface area contributed by atoms with Crippen LogP contribution in [0.15, 0.2) is 29.3 Å². The van der Waals surface area contributed by atoms with Gasteiger partial charge in [-0.3, -0.25) is 9.79 Å². The first kappa shape index (κ1) is 18.3. The number of amides is 1. The Bertz CT molecular complexity index is 568. The highest BCUT2D eigenvalue weighted by molar-refractivity contribution is 5.79. The number of hydrogen-bond acceptors (Lipinski definition) is 2. The lowest BCUT2D eigenvalue weighted by atomic mass is 10.1. The summed E-state index contributed by atoms with van der Waals surface area (Å²) in [6, 6.07) is 8.41. The van der Waals surface area contributed by atoms with Gasteiger partial charge in [0.05, 0.1) is 0 Å². The molecule has 0 aromatic heterocycles. The van der Waals surface area contributed by atoms with Crippen LogP contribution < -0.4 is 10.6 Å². The summed E-state index contributed by atoms with van der Waals surface area (Å²) in [4.78, 5) is 18.0. The molecular weight excluding hydrogens is 300 g/mol. The van der Waals surface area contributed by atoms with Gasteiger partial charge in [-0.2, -0.15) is 0 Å². The van der Waals surface area contributed by atoms with Crippen LogP contribution in [-0.4, -0.2) is 36.9 Å². The molecule has 1 aromatic carbocycles. The zero-order chi connectivity index (χ0) is 17.4. The number of nitrogens with zero attached hydrogens (tertiary/aromatic N) is 2. The van der Waals surface area contributed by atoms with Crippen molar-refractivity contribution >= 4 is 11.9 Å². The lowest BCUT2D eigenvalue weighted by molar-refractivity contribution is -0.128. The molecule has 24 heavy (non-hydrogen) atoms. The molecule has 132 valence electrons. The van der Waals surface area contributed by atoms with Gasteiger partial charge in [0.25, 0.3) is 0 Å². The summed E-state index contributed by atoms with van der Waals surface area (Å²) in [7, 11) is 1.79. The zero-order valence-corrected chi connectivity index (χ0v) is 15.1. The highest BCUT2D eigenvalue weighted by Gasteiger charge is 2.19. The van der Waals surface area contributed by atoms with Crippen molar-refractivity contribution in [2.75, 3.05) is 20.1 Å². The quantitative estimate of drug-likeness (QED) is 0.597. The van der Waals surface area contributed by atoms with Crippen molar-refractivity contribution in [3.05, 3.63) is 35.4 Å². The van der Waals surface area contributed by atoms with Gasteiger partial charge >= 0.3 is 0 Å². The van der Waals surface area contributed by atoms with E-state index >= 15 is 0 Å². The van der Waals surface area contributed by atoms with E-state index in [1.54, 1.807) is 7.05 Å². The van der Waals surface area contributed by atoms with Crippen LogP contribution in [0.4, 0.5) is 0 Å². The summed E-state index contributed by atoms with van der Waals surface area (Å²) in [6.07, 6.45) is 2.80. The van der Waals surface area contributed by atoms with Gasteiger partial charge < -0.3 is 15.5 Å². The van der Waals surface area contributed by atoms with E-state index in [0.717, 1.165) is 38.4 Å². The van der Waals surface area contributed by atoms with Gasteiger partial charge in [-0.05, 0) is 29.9 Å². The van der Waals surface area contributed by atoms with Crippen LogP contribution in [-0.2, 0) is 17.9 Å². The van der Waals surface area contributed by atoms with E-state index in [1.165, 1.54) is 11.1 Å². The predicted octanol–water partition coefficient (Wildman–Crippen LogP) is 2.52. The fourth-order valence-corrected chi connectivity index (χ4v) is 2.82. The maximum atomic E-state index is 11.8. The number of carbonyl (C=O) groups excluding carboxylic acids is 1. The number of nitrogens with one attached hydrogen (secondary N) is 2. The minimum Gasteiger partial charge on any atom is -0.356 e. The molecule has 0 saturated carbocycles. The predicted molar refractivity (Wildman–Crippen MR) is 98.7 cm³/mol. The van der Waals surface area contributed by atoms with E-state index in [1.807, 2.05) is 4.90 Å². The third kappa shape index (κ3) is 5.87. The number of aliphatic imine (C=N–C) groups is 1. The van der Waals surface area contributed by atoms with Gasteiger partial charge in [-0.1, -0.05) is 38.1 Å². The van der Waals surface area contributed by atoms with Gasteiger partial charge in [-0.15, -0.1) is 0 Å². The SMILES string of the molecule is CN=C(NCCC(C)C)NCc1cccc(CN2CCCC2=O)c1. The molecule has 1 fully saturated rings. The summed E-state index contributed by atoms with van der Waals surface area (Å²) < 4.78 is 0. The van der Waals surface area contributed by atoms with E-state index in [9.17, 15) is 4.79 Å². The molecule has 1 heterocycles. The first-order valence-corrected chi connectivity index (χ1v) is 8.88. The number of hydrogen-bond donors (Lipinski definition) is 2. The number of rotatable bonds is 7. The zero-order valence-electron chi connectivity index (χ0n) is 15.1. The molecule has 0 radical (unpaired) electrons. The van der Waals surface area contributed by atoms with Crippen LogP contribution in [0, 0.1) is 5.92 Å².